The predicted molar refractivity (Wildman–Crippen MR) is 115 cm³/mol. The van der Waals surface area contributed by atoms with Crippen molar-refractivity contribution in [2.45, 2.75) is 62.9 Å². The third kappa shape index (κ3) is 3.59. The summed E-state index contributed by atoms with van der Waals surface area (Å²) in [5.74, 6) is 2.19. The highest BCUT2D eigenvalue weighted by molar-refractivity contribution is 7.89. The van der Waals surface area contributed by atoms with Crippen molar-refractivity contribution in [1.82, 2.24) is 0 Å². The van der Waals surface area contributed by atoms with Gasteiger partial charge in [-0.15, -0.1) is 0 Å². The molecule has 0 saturated heterocycles. The van der Waals surface area contributed by atoms with Crippen molar-refractivity contribution >= 4 is 16.0 Å². The van der Waals surface area contributed by atoms with Gasteiger partial charge in [0.2, 0.25) is 10.0 Å². The molecular weight excluding hydrogens is 414 g/mol. The van der Waals surface area contributed by atoms with Crippen LogP contribution in [-0.4, -0.2) is 27.1 Å². The lowest BCUT2D eigenvalue weighted by Crippen LogP contribution is -2.48. The molecule has 5 rings (SSSR count). The van der Waals surface area contributed by atoms with Gasteiger partial charge in [0.1, 0.15) is 6.10 Å². The zero-order valence-corrected chi connectivity index (χ0v) is 18.8. The molecule has 1 heterocycles. The number of hydrogen-bond donors (Lipinski definition) is 1. The Morgan fingerprint density at radius 2 is 2.00 bits per heavy atom. The molecule has 1 aliphatic heterocycles. The molecule has 3 aliphatic carbocycles. The van der Waals surface area contributed by atoms with E-state index < -0.39 is 16.0 Å². The summed E-state index contributed by atoms with van der Waals surface area (Å²) in [5, 5.41) is 5.22. The number of carbonyl (C=O) groups is 1. The van der Waals surface area contributed by atoms with E-state index in [1.54, 1.807) is 6.07 Å². The summed E-state index contributed by atoms with van der Waals surface area (Å²) in [6, 6.07) is 5.82. The van der Waals surface area contributed by atoms with Crippen LogP contribution in [0.4, 0.5) is 0 Å². The van der Waals surface area contributed by atoms with Gasteiger partial charge in [-0.2, -0.15) is 0 Å². The lowest BCUT2D eigenvalue weighted by molar-refractivity contribution is -0.0667. The zero-order chi connectivity index (χ0) is 21.8. The number of carbonyl (C=O) groups excluding carboxylic acids is 1. The lowest BCUT2D eigenvalue weighted by Gasteiger charge is -2.53. The molecule has 3 saturated carbocycles. The monoisotopic (exact) mass is 445 g/mol. The van der Waals surface area contributed by atoms with Crippen molar-refractivity contribution in [2.24, 2.45) is 34.2 Å². The highest BCUT2D eigenvalue weighted by atomic mass is 32.2. The molecule has 0 radical (unpaired) electrons. The van der Waals surface area contributed by atoms with Crippen LogP contribution in [0.2, 0.25) is 0 Å². The molecule has 31 heavy (non-hydrogen) atoms. The first-order valence-electron chi connectivity index (χ1n) is 11.4. The fraction of sp³-hybridized carbons (Fsp3) is 0.625. The Labute approximate surface area is 184 Å². The molecule has 6 nitrogen and oxygen atoms in total. The van der Waals surface area contributed by atoms with E-state index in [0.717, 1.165) is 44.6 Å². The summed E-state index contributed by atoms with van der Waals surface area (Å²) < 4.78 is 34.9. The Hall–Kier alpha value is -1.86. The van der Waals surface area contributed by atoms with Crippen LogP contribution in [0.25, 0.3) is 0 Å². The first-order valence-corrected chi connectivity index (χ1v) is 13.0. The van der Waals surface area contributed by atoms with E-state index >= 15 is 0 Å². The van der Waals surface area contributed by atoms with E-state index in [0.29, 0.717) is 17.8 Å². The predicted octanol–water partition coefficient (Wildman–Crippen LogP) is 4.02. The minimum Gasteiger partial charge on any atom is -0.501 e. The summed E-state index contributed by atoms with van der Waals surface area (Å²) in [6.45, 7) is 3.13. The third-order valence-electron chi connectivity index (χ3n) is 8.59. The molecule has 0 amide bonds. The number of rotatable bonds is 3. The number of ether oxygens (including phenoxy) is 2. The van der Waals surface area contributed by atoms with E-state index in [-0.39, 0.29) is 22.0 Å². The summed E-state index contributed by atoms with van der Waals surface area (Å²) in [6.07, 6.45) is 9.57. The Kier molecular flexibility index (Phi) is 5.17. The molecule has 4 unspecified atom stereocenters. The molecule has 0 spiro atoms. The summed E-state index contributed by atoms with van der Waals surface area (Å²) in [7, 11) is -3.86. The van der Waals surface area contributed by atoms with Crippen molar-refractivity contribution in [3.63, 3.8) is 0 Å². The molecule has 4 aliphatic rings. The number of benzene rings is 1. The Morgan fingerprint density at radius 1 is 1.16 bits per heavy atom. The fourth-order valence-corrected chi connectivity index (χ4v) is 7.63. The number of fused-ring (bicyclic) bond motifs is 5. The second-order valence-corrected chi connectivity index (χ2v) is 11.6. The standard InChI is InChI=1S/C24H31NO5S/c1-24-11-9-19-18-10-12-29-14-16(18)5-6-20(19)21(24)7-8-22(24)30-23(26)15-3-2-4-17(13-15)31(25,27)28/h2-4,13-14,18-22H,5-12H2,1H3,(H2,25,27,28)/t18?,19?,20?,21?,22-,24-/m0/s1. The van der Waals surface area contributed by atoms with Crippen molar-refractivity contribution < 1.29 is 22.7 Å². The minimum atomic E-state index is -3.86. The van der Waals surface area contributed by atoms with Gasteiger partial charge >= 0.3 is 5.97 Å². The molecule has 168 valence electrons. The average Bonchev–Trinajstić information content (AvgIpc) is 3.09. The summed E-state index contributed by atoms with van der Waals surface area (Å²) >= 11 is 0. The molecule has 7 heteroatoms. The maximum atomic E-state index is 12.9. The average molecular weight is 446 g/mol. The molecule has 3 fully saturated rings. The van der Waals surface area contributed by atoms with Crippen molar-refractivity contribution in [1.29, 1.82) is 0 Å². The van der Waals surface area contributed by atoms with E-state index in [1.807, 2.05) is 6.26 Å². The largest absolute Gasteiger partial charge is 0.501 e. The molecular formula is C24H31NO5S. The topological polar surface area (TPSA) is 95.7 Å². The molecule has 2 N–H and O–H groups in total. The van der Waals surface area contributed by atoms with E-state index in [4.69, 9.17) is 14.6 Å². The summed E-state index contributed by atoms with van der Waals surface area (Å²) in [5.41, 5.74) is 1.73. The normalized spacial score (nSPS) is 37.0. The molecule has 6 atom stereocenters. The highest BCUT2D eigenvalue weighted by Gasteiger charge is 2.57. The van der Waals surface area contributed by atoms with E-state index in [9.17, 15) is 13.2 Å². The van der Waals surface area contributed by atoms with Crippen molar-refractivity contribution in [3.8, 4) is 0 Å². The zero-order valence-electron chi connectivity index (χ0n) is 18.0. The van der Waals surface area contributed by atoms with Crippen LogP contribution in [0.15, 0.2) is 41.0 Å². The lowest BCUT2D eigenvalue weighted by atomic mass is 9.53. The summed E-state index contributed by atoms with van der Waals surface area (Å²) in [4.78, 5) is 12.8. The maximum Gasteiger partial charge on any atom is 0.338 e. The van der Waals surface area contributed by atoms with Gasteiger partial charge in [0.25, 0.3) is 0 Å². The van der Waals surface area contributed by atoms with Gasteiger partial charge in [-0.25, -0.2) is 18.4 Å². The number of allylic oxidation sites excluding steroid dienone is 1. The second kappa shape index (κ2) is 7.62. The van der Waals surface area contributed by atoms with Gasteiger partial charge < -0.3 is 9.47 Å². The Balaban J connectivity index is 1.33. The number of hydrogen-bond acceptors (Lipinski definition) is 5. The quantitative estimate of drug-likeness (QED) is 0.709. The van der Waals surface area contributed by atoms with Crippen LogP contribution in [0.5, 0.6) is 0 Å². The van der Waals surface area contributed by atoms with Crippen molar-refractivity contribution in [3.05, 3.63) is 41.7 Å². The number of sulfonamides is 1. The SMILES string of the molecule is C[C@]12CCC3C4CCOC=C4CCC3C1CC[C@@H]2OC(=O)c1cccc(S(N)(=O)=O)c1. The van der Waals surface area contributed by atoms with Gasteiger partial charge in [-0.05, 0) is 92.4 Å². The van der Waals surface area contributed by atoms with Gasteiger partial charge in [-0.3, -0.25) is 0 Å². The third-order valence-corrected chi connectivity index (χ3v) is 9.50. The Bertz CT molecular complexity index is 1020. The highest BCUT2D eigenvalue weighted by Crippen LogP contribution is 2.62. The molecule has 1 aromatic rings. The van der Waals surface area contributed by atoms with Crippen LogP contribution in [-0.2, 0) is 19.5 Å². The van der Waals surface area contributed by atoms with Crippen LogP contribution >= 0.6 is 0 Å². The van der Waals surface area contributed by atoms with E-state index in [1.165, 1.54) is 36.6 Å². The van der Waals surface area contributed by atoms with Crippen LogP contribution in [0.1, 0.15) is 62.2 Å². The van der Waals surface area contributed by atoms with Gasteiger partial charge in [-0.1, -0.05) is 13.0 Å². The number of esters is 1. The van der Waals surface area contributed by atoms with Crippen LogP contribution in [0, 0.1) is 29.1 Å². The van der Waals surface area contributed by atoms with E-state index in [2.05, 4.69) is 6.92 Å². The number of primary sulfonamides is 1. The first-order chi connectivity index (χ1) is 14.8. The smallest absolute Gasteiger partial charge is 0.338 e. The van der Waals surface area contributed by atoms with Gasteiger partial charge in [0.05, 0.1) is 23.3 Å². The molecule has 0 bridgehead atoms. The first kappa shape index (κ1) is 21.0. The number of nitrogens with two attached hydrogens (primary N) is 1. The van der Waals surface area contributed by atoms with Crippen LogP contribution < -0.4 is 5.14 Å². The van der Waals surface area contributed by atoms with Gasteiger partial charge in [0.15, 0.2) is 0 Å². The maximum absolute atomic E-state index is 12.9. The van der Waals surface area contributed by atoms with Crippen molar-refractivity contribution in [2.75, 3.05) is 6.61 Å². The minimum absolute atomic E-state index is 0.0131. The molecule has 0 aromatic heterocycles. The second-order valence-electron chi connectivity index (χ2n) is 10.0. The Morgan fingerprint density at radius 3 is 2.81 bits per heavy atom. The van der Waals surface area contributed by atoms with Gasteiger partial charge in [0, 0.05) is 5.41 Å². The fourth-order valence-electron chi connectivity index (χ4n) is 7.07. The van der Waals surface area contributed by atoms with Crippen LogP contribution in [0.3, 0.4) is 0 Å². The molecule has 1 aromatic carbocycles.